The van der Waals surface area contributed by atoms with Crippen molar-refractivity contribution in [3.05, 3.63) is 0 Å². The molecule has 0 atom stereocenters. The van der Waals surface area contributed by atoms with Crippen molar-refractivity contribution in [2.24, 2.45) is 0 Å². The Balaban J connectivity index is 2.78. The van der Waals surface area contributed by atoms with Crippen LogP contribution in [-0.2, 0) is 29.6 Å². The molecule has 0 saturated heterocycles. The quantitative estimate of drug-likeness (QED) is 0.650. The summed E-state index contributed by atoms with van der Waals surface area (Å²) in [5, 5.41) is 0. The van der Waals surface area contributed by atoms with E-state index in [0.717, 1.165) is 12.5 Å². The molecule has 2 N–H and O–H groups in total. The lowest BCUT2D eigenvalue weighted by molar-refractivity contribution is -0.123. The molecular formula is C10H18N2O6S2. The average molecular weight is 326 g/mol. The van der Waals surface area contributed by atoms with E-state index in [1.807, 2.05) is 0 Å². The van der Waals surface area contributed by atoms with E-state index >= 15 is 0 Å². The minimum atomic E-state index is -3.51. The first-order valence-corrected chi connectivity index (χ1v) is 9.71. The second-order valence-corrected chi connectivity index (χ2v) is 8.63. The number of Topliss-reactive ketones (excluding diaryl/α,β-unsaturated/α-hetero) is 2. The smallest absolute Gasteiger partial charge is 0.208 e. The van der Waals surface area contributed by atoms with Gasteiger partial charge in [0.25, 0.3) is 0 Å². The van der Waals surface area contributed by atoms with Crippen molar-refractivity contribution in [3.63, 3.8) is 0 Å². The van der Waals surface area contributed by atoms with Crippen LogP contribution in [0.15, 0.2) is 0 Å². The molecule has 0 aromatic heterocycles. The zero-order valence-electron chi connectivity index (χ0n) is 11.2. The average Bonchev–Trinajstić information content (AvgIpc) is 2.07. The SMILES string of the molecule is CS(=O)(=O)NC1CC(=O)CC(NS(C)(=O)=O)CC(=O)C1. The zero-order valence-corrected chi connectivity index (χ0v) is 12.9. The molecule has 0 bridgehead atoms. The molecule has 10 heteroatoms. The maximum Gasteiger partial charge on any atom is 0.208 e. The van der Waals surface area contributed by atoms with E-state index in [-0.39, 0.29) is 37.2 Å². The van der Waals surface area contributed by atoms with Crippen LogP contribution in [0.25, 0.3) is 0 Å². The van der Waals surface area contributed by atoms with Gasteiger partial charge in [-0.2, -0.15) is 0 Å². The Kier molecular flexibility index (Phi) is 5.41. The molecule has 1 aliphatic rings. The first-order chi connectivity index (χ1) is 8.94. The molecule has 20 heavy (non-hydrogen) atoms. The number of sulfonamides is 2. The van der Waals surface area contributed by atoms with Crippen molar-refractivity contribution in [3.8, 4) is 0 Å². The van der Waals surface area contributed by atoms with E-state index in [1.54, 1.807) is 0 Å². The second-order valence-electron chi connectivity index (χ2n) is 5.07. The van der Waals surface area contributed by atoms with E-state index in [1.165, 1.54) is 0 Å². The van der Waals surface area contributed by atoms with Crippen LogP contribution in [-0.4, -0.2) is 53.0 Å². The topological polar surface area (TPSA) is 126 Å². The molecule has 1 rings (SSSR count). The van der Waals surface area contributed by atoms with Gasteiger partial charge < -0.3 is 0 Å². The van der Waals surface area contributed by atoms with Crippen molar-refractivity contribution in [2.75, 3.05) is 12.5 Å². The van der Waals surface area contributed by atoms with E-state index < -0.39 is 32.1 Å². The molecule has 0 amide bonds. The molecule has 0 heterocycles. The van der Waals surface area contributed by atoms with Gasteiger partial charge in [0, 0.05) is 37.8 Å². The molecule has 0 radical (unpaired) electrons. The summed E-state index contributed by atoms with van der Waals surface area (Å²) in [4.78, 5) is 23.5. The Morgan fingerprint density at radius 3 is 1.20 bits per heavy atom. The largest absolute Gasteiger partial charge is 0.300 e. The summed E-state index contributed by atoms with van der Waals surface area (Å²) in [6, 6.07) is -1.52. The van der Waals surface area contributed by atoms with Crippen LogP contribution in [0.3, 0.4) is 0 Å². The predicted octanol–water partition coefficient (Wildman–Crippen LogP) is -1.47. The van der Waals surface area contributed by atoms with Gasteiger partial charge in [-0.1, -0.05) is 0 Å². The summed E-state index contributed by atoms with van der Waals surface area (Å²) in [6.45, 7) is 0. The Bertz CT molecular complexity index is 525. The highest BCUT2D eigenvalue weighted by Crippen LogP contribution is 2.14. The van der Waals surface area contributed by atoms with Crippen molar-refractivity contribution in [2.45, 2.75) is 37.8 Å². The van der Waals surface area contributed by atoms with Gasteiger partial charge in [0.15, 0.2) is 0 Å². The molecular weight excluding hydrogens is 308 g/mol. The molecule has 0 aliphatic heterocycles. The summed E-state index contributed by atoms with van der Waals surface area (Å²) in [5.41, 5.74) is 0. The lowest BCUT2D eigenvalue weighted by atomic mass is 9.93. The number of carbonyl (C=O) groups excluding carboxylic acids is 2. The Morgan fingerprint density at radius 2 is 1.00 bits per heavy atom. The molecule has 0 spiro atoms. The Labute approximate surface area is 118 Å². The molecule has 0 aromatic carbocycles. The van der Waals surface area contributed by atoms with Gasteiger partial charge >= 0.3 is 0 Å². The standard InChI is InChI=1S/C10H18N2O6S2/c1-19(15,16)11-7-3-9(13)5-8(6-10(14)4-7)12-20(2,17)18/h7-8,11-12H,3-6H2,1-2H3. The van der Waals surface area contributed by atoms with E-state index in [2.05, 4.69) is 9.44 Å². The first-order valence-electron chi connectivity index (χ1n) is 5.92. The minimum Gasteiger partial charge on any atom is -0.300 e. The zero-order chi connectivity index (χ0) is 15.6. The normalized spacial score (nSPS) is 26.1. The number of hydrogen-bond donors (Lipinski definition) is 2. The van der Waals surface area contributed by atoms with Gasteiger partial charge in [-0.25, -0.2) is 26.3 Å². The van der Waals surface area contributed by atoms with E-state index in [4.69, 9.17) is 0 Å². The predicted molar refractivity (Wildman–Crippen MR) is 72.0 cm³/mol. The highest BCUT2D eigenvalue weighted by atomic mass is 32.2. The van der Waals surface area contributed by atoms with Crippen LogP contribution in [0.2, 0.25) is 0 Å². The van der Waals surface area contributed by atoms with Gasteiger partial charge in [0.2, 0.25) is 20.0 Å². The van der Waals surface area contributed by atoms with Gasteiger partial charge in [-0.15, -0.1) is 0 Å². The Hall–Kier alpha value is -0.840. The van der Waals surface area contributed by atoms with Crippen molar-refractivity contribution in [1.29, 1.82) is 0 Å². The molecule has 0 aromatic rings. The van der Waals surface area contributed by atoms with Gasteiger partial charge in [-0.3, -0.25) is 9.59 Å². The van der Waals surface area contributed by atoms with Crippen molar-refractivity contribution in [1.82, 2.24) is 9.44 Å². The Morgan fingerprint density at radius 1 is 0.750 bits per heavy atom. The lowest BCUT2D eigenvalue weighted by Gasteiger charge is -2.23. The number of rotatable bonds is 4. The van der Waals surface area contributed by atoms with Crippen LogP contribution >= 0.6 is 0 Å². The molecule has 1 aliphatic carbocycles. The fourth-order valence-corrected chi connectivity index (χ4v) is 3.73. The summed E-state index contributed by atoms with van der Waals surface area (Å²) >= 11 is 0. The molecule has 0 unspecified atom stereocenters. The van der Waals surface area contributed by atoms with E-state index in [9.17, 15) is 26.4 Å². The number of nitrogens with one attached hydrogen (secondary N) is 2. The maximum atomic E-state index is 11.8. The highest BCUT2D eigenvalue weighted by Gasteiger charge is 2.29. The van der Waals surface area contributed by atoms with Gasteiger partial charge in [0.1, 0.15) is 11.6 Å². The highest BCUT2D eigenvalue weighted by molar-refractivity contribution is 7.89. The third-order valence-corrected chi connectivity index (χ3v) is 4.18. The molecule has 8 nitrogen and oxygen atoms in total. The third-order valence-electron chi connectivity index (χ3n) is 2.66. The fraction of sp³-hybridized carbons (Fsp3) is 0.800. The second kappa shape index (κ2) is 6.29. The van der Waals surface area contributed by atoms with Gasteiger partial charge in [-0.05, 0) is 0 Å². The fourth-order valence-electron chi connectivity index (χ4n) is 2.18. The number of carbonyl (C=O) groups is 2. The molecule has 116 valence electrons. The number of hydrogen-bond acceptors (Lipinski definition) is 6. The summed E-state index contributed by atoms with van der Waals surface area (Å²) < 4.78 is 49.0. The first kappa shape index (κ1) is 17.2. The summed E-state index contributed by atoms with van der Waals surface area (Å²) in [7, 11) is -7.01. The van der Waals surface area contributed by atoms with Crippen LogP contribution < -0.4 is 9.44 Å². The number of ketones is 2. The van der Waals surface area contributed by atoms with Crippen LogP contribution in [0.5, 0.6) is 0 Å². The molecule has 1 fully saturated rings. The van der Waals surface area contributed by atoms with Crippen molar-refractivity contribution >= 4 is 31.6 Å². The third kappa shape index (κ3) is 7.08. The van der Waals surface area contributed by atoms with Crippen LogP contribution in [0, 0.1) is 0 Å². The summed E-state index contributed by atoms with van der Waals surface area (Å²) in [5.74, 6) is -0.584. The van der Waals surface area contributed by atoms with Gasteiger partial charge in [0.05, 0.1) is 12.5 Å². The monoisotopic (exact) mass is 326 g/mol. The maximum absolute atomic E-state index is 11.8. The van der Waals surface area contributed by atoms with Crippen molar-refractivity contribution < 1.29 is 26.4 Å². The minimum absolute atomic E-state index is 0.124. The summed E-state index contributed by atoms with van der Waals surface area (Å²) in [6.07, 6.45) is 1.41. The van der Waals surface area contributed by atoms with Crippen LogP contribution in [0.1, 0.15) is 25.7 Å². The van der Waals surface area contributed by atoms with Crippen LogP contribution in [0.4, 0.5) is 0 Å². The molecule has 1 saturated carbocycles. The van der Waals surface area contributed by atoms with E-state index in [0.29, 0.717) is 0 Å². The lowest BCUT2D eigenvalue weighted by Crippen LogP contribution is -2.43.